The molecule has 4 fully saturated rings. The molecule has 0 aromatic carbocycles. The van der Waals surface area contributed by atoms with Crippen LogP contribution in [0.25, 0.3) is 0 Å². The van der Waals surface area contributed by atoms with Crippen LogP contribution in [0.15, 0.2) is 0 Å². The van der Waals surface area contributed by atoms with Crippen LogP contribution >= 0.6 is 0 Å². The molecule has 0 aromatic rings. The van der Waals surface area contributed by atoms with Crippen LogP contribution in [0.3, 0.4) is 0 Å². The van der Waals surface area contributed by atoms with E-state index < -0.39 is 34.4 Å². The summed E-state index contributed by atoms with van der Waals surface area (Å²) in [6.45, 7) is 5.55. The molecule has 0 amide bonds. The zero-order chi connectivity index (χ0) is 17.0. The fraction of sp³-hybridized carbons (Fsp3) is 0.824. The molecule has 6 nitrogen and oxygen atoms in total. The highest BCUT2D eigenvalue weighted by Gasteiger charge is 2.64. The number of hydrogen-bond donors (Lipinski definition) is 1. The van der Waals surface area contributed by atoms with Gasteiger partial charge in [0.25, 0.3) is 0 Å². The number of carboxylic acid groups (broad SMARTS) is 1. The molecule has 6 heteroatoms. The third-order valence-electron chi connectivity index (χ3n) is 5.95. The van der Waals surface area contributed by atoms with E-state index in [-0.39, 0.29) is 24.8 Å². The Morgan fingerprint density at radius 1 is 1.30 bits per heavy atom. The van der Waals surface area contributed by atoms with Gasteiger partial charge in [-0.2, -0.15) is 0 Å². The summed E-state index contributed by atoms with van der Waals surface area (Å²) < 4.78 is 11.3. The Balaban J connectivity index is 1.95. The van der Waals surface area contributed by atoms with Gasteiger partial charge in [-0.05, 0) is 26.7 Å². The Kier molecular flexibility index (Phi) is 3.50. The Morgan fingerprint density at radius 2 is 2.00 bits per heavy atom. The van der Waals surface area contributed by atoms with E-state index in [2.05, 4.69) is 0 Å². The lowest BCUT2D eigenvalue weighted by Crippen LogP contribution is -2.56. The molecule has 0 spiro atoms. The summed E-state index contributed by atoms with van der Waals surface area (Å²) >= 11 is 0. The van der Waals surface area contributed by atoms with Crippen molar-refractivity contribution in [3.05, 3.63) is 0 Å². The maximum absolute atomic E-state index is 12.6. The molecule has 2 aliphatic carbocycles. The molecule has 4 bridgehead atoms. The number of rotatable bonds is 4. The van der Waals surface area contributed by atoms with Crippen molar-refractivity contribution in [3.63, 3.8) is 0 Å². The van der Waals surface area contributed by atoms with Crippen molar-refractivity contribution in [2.24, 2.45) is 16.7 Å². The molecule has 23 heavy (non-hydrogen) atoms. The van der Waals surface area contributed by atoms with E-state index in [4.69, 9.17) is 9.47 Å². The summed E-state index contributed by atoms with van der Waals surface area (Å²) in [6, 6.07) is 0. The van der Waals surface area contributed by atoms with Gasteiger partial charge in [-0.3, -0.25) is 14.4 Å². The maximum Gasteiger partial charge on any atom is 0.312 e. The van der Waals surface area contributed by atoms with E-state index in [1.54, 1.807) is 0 Å². The molecule has 4 rings (SSSR count). The van der Waals surface area contributed by atoms with Gasteiger partial charge in [0.15, 0.2) is 0 Å². The monoisotopic (exact) mass is 324 g/mol. The summed E-state index contributed by atoms with van der Waals surface area (Å²) in [6.07, 6.45) is 1.84. The van der Waals surface area contributed by atoms with Crippen molar-refractivity contribution < 1.29 is 29.0 Å². The average molecular weight is 324 g/mol. The van der Waals surface area contributed by atoms with Crippen molar-refractivity contribution in [1.29, 1.82) is 0 Å². The first kappa shape index (κ1) is 16.3. The molecule has 4 atom stereocenters. The van der Waals surface area contributed by atoms with Crippen LogP contribution in [-0.2, 0) is 23.9 Å². The van der Waals surface area contributed by atoms with E-state index in [1.165, 1.54) is 0 Å². The number of esters is 2. The zero-order valence-corrected chi connectivity index (χ0v) is 13.9. The van der Waals surface area contributed by atoms with Gasteiger partial charge in [-0.1, -0.05) is 6.92 Å². The fourth-order valence-corrected chi connectivity index (χ4v) is 4.35. The zero-order valence-electron chi connectivity index (χ0n) is 13.9. The molecule has 4 aliphatic rings. The second-order valence-electron chi connectivity index (χ2n) is 8.14. The van der Waals surface area contributed by atoms with Gasteiger partial charge in [-0.25, -0.2) is 0 Å². The van der Waals surface area contributed by atoms with Gasteiger partial charge in [0.1, 0.15) is 11.7 Å². The molecule has 4 unspecified atom stereocenters. The molecule has 2 saturated carbocycles. The van der Waals surface area contributed by atoms with E-state index in [9.17, 15) is 19.5 Å². The Labute approximate surface area is 135 Å². The Bertz CT molecular complexity index is 567. The summed E-state index contributed by atoms with van der Waals surface area (Å²) in [5.74, 6) is -2.08. The number of carboxylic acids is 1. The first-order valence-corrected chi connectivity index (χ1v) is 8.29. The standard InChI is InChI=1S/C17H24O6/c1-4-15(2,3)14(21)23-17-6-10-5-16(9-17,13(19)20)7-11(8-17)22-12(10)18/h10-11H,4-9H2,1-3H3,(H,19,20). The molecular formula is C17H24O6. The predicted octanol–water partition coefficient (Wildman–Crippen LogP) is 2.29. The summed E-state index contributed by atoms with van der Waals surface area (Å²) in [5.41, 5.74) is -2.53. The van der Waals surface area contributed by atoms with Gasteiger partial charge in [-0.15, -0.1) is 0 Å². The minimum atomic E-state index is -1.02. The Morgan fingerprint density at radius 3 is 2.61 bits per heavy atom. The number of fused-ring (bicyclic) bond motifs is 1. The third kappa shape index (κ3) is 2.52. The van der Waals surface area contributed by atoms with Crippen molar-refractivity contribution in [2.75, 3.05) is 0 Å². The predicted molar refractivity (Wildman–Crippen MR) is 79.4 cm³/mol. The van der Waals surface area contributed by atoms with E-state index in [0.29, 0.717) is 25.7 Å². The SMILES string of the molecule is CCC(C)(C)C(=O)OC12CC3CC(C(=O)O)(CC(C1)C(=O)O3)C2. The highest BCUT2D eigenvalue weighted by molar-refractivity contribution is 5.81. The lowest BCUT2D eigenvalue weighted by Gasteiger charge is -2.50. The quantitative estimate of drug-likeness (QED) is 0.798. The first-order chi connectivity index (χ1) is 10.6. The van der Waals surface area contributed by atoms with Crippen LogP contribution in [0.4, 0.5) is 0 Å². The molecule has 2 aliphatic heterocycles. The number of aliphatic carboxylic acids is 1. The molecule has 1 N–H and O–H groups in total. The van der Waals surface area contributed by atoms with Crippen LogP contribution in [0.2, 0.25) is 0 Å². The lowest BCUT2D eigenvalue weighted by molar-refractivity contribution is -0.198. The fourth-order valence-electron chi connectivity index (χ4n) is 4.35. The van der Waals surface area contributed by atoms with Crippen molar-refractivity contribution in [1.82, 2.24) is 0 Å². The largest absolute Gasteiger partial charge is 0.481 e. The topological polar surface area (TPSA) is 89.9 Å². The second-order valence-corrected chi connectivity index (χ2v) is 8.14. The Hall–Kier alpha value is -1.59. The second kappa shape index (κ2) is 4.95. The van der Waals surface area contributed by atoms with Crippen LogP contribution in [0.5, 0.6) is 0 Å². The van der Waals surface area contributed by atoms with E-state index >= 15 is 0 Å². The van der Waals surface area contributed by atoms with Gasteiger partial charge in [0.2, 0.25) is 0 Å². The minimum absolute atomic E-state index is 0.282. The number of ether oxygens (including phenoxy) is 2. The van der Waals surface area contributed by atoms with Crippen molar-refractivity contribution >= 4 is 17.9 Å². The minimum Gasteiger partial charge on any atom is -0.481 e. The third-order valence-corrected chi connectivity index (χ3v) is 5.95. The van der Waals surface area contributed by atoms with Crippen LogP contribution in [-0.4, -0.2) is 34.7 Å². The van der Waals surface area contributed by atoms with Crippen LogP contribution < -0.4 is 0 Å². The number of hydrogen-bond acceptors (Lipinski definition) is 5. The van der Waals surface area contributed by atoms with Crippen LogP contribution in [0, 0.1) is 16.7 Å². The molecule has 2 saturated heterocycles. The number of carbonyl (C=O) groups excluding carboxylic acids is 2. The van der Waals surface area contributed by atoms with Gasteiger partial charge < -0.3 is 14.6 Å². The smallest absolute Gasteiger partial charge is 0.312 e. The molecule has 2 heterocycles. The number of carbonyl (C=O) groups is 3. The summed E-state index contributed by atoms with van der Waals surface area (Å²) in [4.78, 5) is 36.6. The van der Waals surface area contributed by atoms with Gasteiger partial charge in [0, 0.05) is 25.7 Å². The molecule has 0 radical (unpaired) electrons. The average Bonchev–Trinajstić information content (AvgIpc) is 2.60. The first-order valence-electron chi connectivity index (χ1n) is 8.29. The van der Waals surface area contributed by atoms with E-state index in [1.807, 2.05) is 20.8 Å². The normalized spacial score (nSPS) is 38.8. The summed E-state index contributed by atoms with van der Waals surface area (Å²) in [7, 11) is 0. The highest BCUT2D eigenvalue weighted by atomic mass is 16.6. The molecular weight excluding hydrogens is 300 g/mol. The lowest BCUT2D eigenvalue weighted by atomic mass is 9.57. The highest BCUT2D eigenvalue weighted by Crippen LogP contribution is 2.58. The van der Waals surface area contributed by atoms with Crippen LogP contribution in [0.1, 0.15) is 59.3 Å². The molecule has 0 aromatic heterocycles. The maximum atomic E-state index is 12.6. The van der Waals surface area contributed by atoms with Gasteiger partial charge >= 0.3 is 17.9 Å². The summed E-state index contributed by atoms with van der Waals surface area (Å²) in [5, 5.41) is 9.74. The van der Waals surface area contributed by atoms with E-state index in [0.717, 1.165) is 0 Å². The van der Waals surface area contributed by atoms with Crippen molar-refractivity contribution in [3.8, 4) is 0 Å². The molecule has 128 valence electrons. The van der Waals surface area contributed by atoms with Crippen molar-refractivity contribution in [2.45, 2.75) is 71.0 Å². The van der Waals surface area contributed by atoms with Gasteiger partial charge in [0.05, 0.1) is 16.7 Å².